The summed E-state index contributed by atoms with van der Waals surface area (Å²) >= 11 is 3.47. The second-order valence-corrected chi connectivity index (χ2v) is 6.68. The Morgan fingerprint density at radius 1 is 0.846 bits per heavy atom. The molecule has 0 unspecified atom stereocenters. The van der Waals surface area contributed by atoms with Crippen LogP contribution in [0.1, 0.15) is 18.7 Å². The maximum absolute atomic E-state index is 6.13. The van der Waals surface area contributed by atoms with Gasteiger partial charge in [0.2, 0.25) is 0 Å². The smallest absolute Gasteiger partial charge is 0.195 e. The van der Waals surface area contributed by atoms with Gasteiger partial charge in [0.05, 0.1) is 14.2 Å². The number of methoxy groups -OCH3 is 2. The highest BCUT2D eigenvalue weighted by molar-refractivity contribution is 9.09. The van der Waals surface area contributed by atoms with Crippen LogP contribution in [0.2, 0.25) is 0 Å². The van der Waals surface area contributed by atoms with Crippen molar-refractivity contribution in [2.45, 2.75) is 19.3 Å². The van der Waals surface area contributed by atoms with Crippen molar-refractivity contribution in [1.82, 2.24) is 4.98 Å². The van der Waals surface area contributed by atoms with Gasteiger partial charge in [-0.1, -0.05) is 15.9 Å². The summed E-state index contributed by atoms with van der Waals surface area (Å²) in [7, 11) is 3.32. The molecule has 4 nitrogen and oxygen atoms in total. The highest BCUT2D eigenvalue weighted by atomic mass is 79.9. The van der Waals surface area contributed by atoms with Crippen LogP contribution in [0.15, 0.2) is 52.9 Å². The summed E-state index contributed by atoms with van der Waals surface area (Å²) in [5.74, 6) is 3.19. The van der Waals surface area contributed by atoms with Crippen LogP contribution in [0.3, 0.4) is 0 Å². The van der Waals surface area contributed by atoms with E-state index in [0.29, 0.717) is 0 Å². The van der Waals surface area contributed by atoms with Crippen molar-refractivity contribution in [3.8, 4) is 34.1 Å². The summed E-state index contributed by atoms with van der Waals surface area (Å²) in [5, 5.41) is 0.990. The van der Waals surface area contributed by atoms with Gasteiger partial charge in [0.25, 0.3) is 0 Å². The standard InChI is InChI=1S/C21H22BrNO3/c1-24-17-10-6-15(7-11-17)20-21(16-8-12-18(25-2)13-9-16)26-19(23-20)5-3-4-14-22/h6-13H,3-5,14H2,1-2H3. The third-order valence-corrected chi connectivity index (χ3v) is 4.72. The van der Waals surface area contributed by atoms with Crippen molar-refractivity contribution in [2.75, 3.05) is 19.5 Å². The van der Waals surface area contributed by atoms with Crippen LogP contribution in [0.5, 0.6) is 11.5 Å². The van der Waals surface area contributed by atoms with E-state index in [1.54, 1.807) is 14.2 Å². The number of alkyl halides is 1. The average Bonchev–Trinajstić information content (AvgIpc) is 3.12. The van der Waals surface area contributed by atoms with Gasteiger partial charge in [0, 0.05) is 22.9 Å². The van der Waals surface area contributed by atoms with Crippen molar-refractivity contribution in [1.29, 1.82) is 0 Å². The van der Waals surface area contributed by atoms with Gasteiger partial charge in [0.15, 0.2) is 11.7 Å². The van der Waals surface area contributed by atoms with Crippen LogP contribution in [0, 0.1) is 0 Å². The molecule has 0 saturated carbocycles. The maximum Gasteiger partial charge on any atom is 0.195 e. The molecule has 0 atom stereocenters. The average molecular weight is 416 g/mol. The van der Waals surface area contributed by atoms with E-state index in [-0.39, 0.29) is 0 Å². The van der Waals surface area contributed by atoms with E-state index >= 15 is 0 Å². The first-order valence-electron chi connectivity index (χ1n) is 8.59. The second-order valence-electron chi connectivity index (χ2n) is 5.89. The Balaban J connectivity index is 1.98. The molecule has 0 aliphatic carbocycles. The van der Waals surface area contributed by atoms with Crippen LogP contribution in [0.25, 0.3) is 22.6 Å². The normalized spacial score (nSPS) is 10.7. The summed E-state index contributed by atoms with van der Waals surface area (Å²) in [6.07, 6.45) is 2.96. The molecule has 0 spiro atoms. The first-order chi connectivity index (χ1) is 12.7. The van der Waals surface area contributed by atoms with E-state index < -0.39 is 0 Å². The van der Waals surface area contributed by atoms with Crippen molar-refractivity contribution in [3.05, 3.63) is 54.4 Å². The number of rotatable bonds is 8. The zero-order chi connectivity index (χ0) is 18.4. The molecule has 26 heavy (non-hydrogen) atoms. The summed E-state index contributed by atoms with van der Waals surface area (Å²) in [5.41, 5.74) is 2.84. The zero-order valence-corrected chi connectivity index (χ0v) is 16.6. The highest BCUT2D eigenvalue weighted by Crippen LogP contribution is 2.34. The molecule has 1 heterocycles. The first kappa shape index (κ1) is 18.5. The fourth-order valence-corrected chi connectivity index (χ4v) is 3.12. The Hall–Kier alpha value is -2.27. The van der Waals surface area contributed by atoms with E-state index in [4.69, 9.17) is 18.9 Å². The van der Waals surface area contributed by atoms with Gasteiger partial charge in [-0.15, -0.1) is 0 Å². The topological polar surface area (TPSA) is 44.5 Å². The van der Waals surface area contributed by atoms with Crippen LogP contribution in [-0.2, 0) is 6.42 Å². The number of hydrogen-bond acceptors (Lipinski definition) is 4. The third kappa shape index (κ3) is 4.28. The second kappa shape index (κ2) is 8.90. The Morgan fingerprint density at radius 3 is 1.96 bits per heavy atom. The van der Waals surface area contributed by atoms with E-state index in [2.05, 4.69) is 15.9 Å². The molecular formula is C21H22BrNO3. The molecule has 0 bridgehead atoms. The van der Waals surface area contributed by atoms with Gasteiger partial charge in [0.1, 0.15) is 17.2 Å². The minimum absolute atomic E-state index is 0.766. The molecule has 0 amide bonds. The lowest BCUT2D eigenvalue weighted by atomic mass is 10.1. The fraction of sp³-hybridized carbons (Fsp3) is 0.286. The van der Waals surface area contributed by atoms with Crippen molar-refractivity contribution < 1.29 is 13.9 Å². The predicted octanol–water partition coefficient (Wildman–Crippen LogP) is 5.74. The molecule has 0 aliphatic rings. The number of nitrogens with zero attached hydrogens (tertiary/aromatic N) is 1. The Kier molecular flexibility index (Phi) is 6.34. The van der Waals surface area contributed by atoms with Crippen LogP contribution >= 0.6 is 15.9 Å². The number of benzene rings is 2. The van der Waals surface area contributed by atoms with Crippen molar-refractivity contribution in [3.63, 3.8) is 0 Å². The summed E-state index contributed by atoms with van der Waals surface area (Å²) in [4.78, 5) is 4.77. The summed E-state index contributed by atoms with van der Waals surface area (Å²) < 4.78 is 16.6. The van der Waals surface area contributed by atoms with Gasteiger partial charge in [-0.3, -0.25) is 0 Å². The van der Waals surface area contributed by atoms with Gasteiger partial charge < -0.3 is 13.9 Å². The number of unbranched alkanes of at least 4 members (excludes halogenated alkanes) is 1. The predicted molar refractivity (Wildman–Crippen MR) is 107 cm³/mol. The summed E-state index contributed by atoms with van der Waals surface area (Å²) in [6, 6.07) is 15.7. The lowest BCUT2D eigenvalue weighted by Crippen LogP contribution is -1.87. The van der Waals surface area contributed by atoms with E-state index in [0.717, 1.165) is 64.6 Å². The quantitative estimate of drug-likeness (QED) is 0.347. The van der Waals surface area contributed by atoms with Crippen molar-refractivity contribution in [2.24, 2.45) is 0 Å². The number of ether oxygens (including phenoxy) is 2. The van der Waals surface area contributed by atoms with Crippen LogP contribution in [-0.4, -0.2) is 24.5 Å². The molecule has 0 radical (unpaired) electrons. The minimum Gasteiger partial charge on any atom is -0.497 e. The molecule has 0 aliphatic heterocycles. The molecule has 0 saturated heterocycles. The maximum atomic E-state index is 6.13. The van der Waals surface area contributed by atoms with E-state index in [1.807, 2.05) is 48.5 Å². The molecule has 3 rings (SSSR count). The lowest BCUT2D eigenvalue weighted by molar-refractivity contribution is 0.414. The zero-order valence-electron chi connectivity index (χ0n) is 15.0. The number of oxazole rings is 1. The molecular weight excluding hydrogens is 394 g/mol. The van der Waals surface area contributed by atoms with Gasteiger partial charge in [-0.25, -0.2) is 4.98 Å². The Bertz CT molecular complexity index is 760. The van der Waals surface area contributed by atoms with Gasteiger partial charge in [-0.05, 0) is 61.4 Å². The SMILES string of the molecule is COc1ccc(-c2nc(CCCCBr)oc2-c2ccc(OC)cc2)cc1. The van der Waals surface area contributed by atoms with Crippen LogP contribution < -0.4 is 9.47 Å². The molecule has 2 aromatic carbocycles. The molecule has 136 valence electrons. The Morgan fingerprint density at radius 2 is 1.42 bits per heavy atom. The number of aromatic nitrogens is 1. The molecule has 3 aromatic rings. The number of halogens is 1. The van der Waals surface area contributed by atoms with Gasteiger partial charge >= 0.3 is 0 Å². The number of aryl methyl sites for hydroxylation is 1. The largest absolute Gasteiger partial charge is 0.497 e. The van der Waals surface area contributed by atoms with E-state index in [1.165, 1.54) is 0 Å². The minimum atomic E-state index is 0.766. The first-order valence-corrected chi connectivity index (χ1v) is 9.72. The third-order valence-electron chi connectivity index (χ3n) is 4.16. The van der Waals surface area contributed by atoms with Crippen molar-refractivity contribution >= 4 is 15.9 Å². The number of hydrogen-bond donors (Lipinski definition) is 0. The monoisotopic (exact) mass is 415 g/mol. The fourth-order valence-electron chi connectivity index (χ4n) is 2.72. The molecule has 0 fully saturated rings. The molecule has 5 heteroatoms. The molecule has 0 N–H and O–H groups in total. The lowest BCUT2D eigenvalue weighted by Gasteiger charge is -2.04. The highest BCUT2D eigenvalue weighted by Gasteiger charge is 2.17. The van der Waals surface area contributed by atoms with Gasteiger partial charge in [-0.2, -0.15) is 0 Å². The summed E-state index contributed by atoms with van der Waals surface area (Å²) in [6.45, 7) is 0. The Labute approximate surface area is 162 Å². The van der Waals surface area contributed by atoms with Crippen LogP contribution in [0.4, 0.5) is 0 Å². The van der Waals surface area contributed by atoms with E-state index in [9.17, 15) is 0 Å². The molecule has 1 aromatic heterocycles.